The van der Waals surface area contributed by atoms with Gasteiger partial charge in [-0.1, -0.05) is 71.7 Å². The van der Waals surface area contributed by atoms with Crippen LogP contribution in [0, 0.1) is 5.41 Å². The van der Waals surface area contributed by atoms with Gasteiger partial charge in [0.25, 0.3) is 0 Å². The zero-order chi connectivity index (χ0) is 26.2. The largest absolute Gasteiger partial charge is 0.388 e. The van der Waals surface area contributed by atoms with Crippen LogP contribution in [-0.2, 0) is 20.5 Å². The number of aromatic nitrogens is 1. The molecule has 2 N–H and O–H groups in total. The van der Waals surface area contributed by atoms with Crippen molar-refractivity contribution in [2.75, 3.05) is 13.2 Å². The molecular weight excluding hydrogens is 462 g/mol. The number of aliphatic hydroxyl groups excluding tert-OH is 2. The highest BCUT2D eigenvalue weighted by molar-refractivity contribution is 5.55. The zero-order valence-electron chi connectivity index (χ0n) is 23.1. The summed E-state index contributed by atoms with van der Waals surface area (Å²) in [5.74, 6) is 0.263. The van der Waals surface area contributed by atoms with Crippen molar-refractivity contribution in [2.45, 2.75) is 115 Å². The highest BCUT2D eigenvalue weighted by Gasteiger charge is 2.54. The number of hydrogen-bond acceptors (Lipinski definition) is 5. The second-order valence-corrected chi connectivity index (χ2v) is 13.7. The Kier molecular flexibility index (Phi) is 6.11. The third kappa shape index (κ3) is 4.09. The van der Waals surface area contributed by atoms with Crippen LogP contribution in [0.3, 0.4) is 0 Å². The van der Waals surface area contributed by atoms with E-state index in [0.29, 0.717) is 12.1 Å². The van der Waals surface area contributed by atoms with Gasteiger partial charge in [-0.2, -0.15) is 0 Å². The lowest BCUT2D eigenvalue weighted by Crippen LogP contribution is -2.35. The highest BCUT2D eigenvalue weighted by Crippen LogP contribution is 2.61. The van der Waals surface area contributed by atoms with Gasteiger partial charge in [0, 0.05) is 30.3 Å². The summed E-state index contributed by atoms with van der Waals surface area (Å²) in [4.78, 5) is 5.28. The molecule has 1 saturated carbocycles. The molecule has 2 aliphatic carbocycles. The number of hydrogen-bond donors (Lipinski definition) is 2. The number of fused-ring (bicyclic) bond motifs is 4. The summed E-state index contributed by atoms with van der Waals surface area (Å²) in [6.07, 6.45) is 4.92. The molecule has 3 atom stereocenters. The van der Waals surface area contributed by atoms with E-state index in [1.165, 1.54) is 11.1 Å². The van der Waals surface area contributed by atoms with E-state index in [9.17, 15) is 10.2 Å². The SMILES string of the molecule is CC(C)(C)c1ccc(C2OC3(CCCC3)c3c4c(nc(C5CCOCC5)c32)[C@H](O)C(C)(C)CC4O)cc1. The molecule has 4 aliphatic rings. The van der Waals surface area contributed by atoms with Crippen molar-refractivity contribution < 1.29 is 19.7 Å². The Balaban J connectivity index is 1.59. The first-order valence-corrected chi connectivity index (χ1v) is 14.3. The molecule has 3 heterocycles. The molecule has 0 bridgehead atoms. The fraction of sp³-hybridized carbons (Fsp3) is 0.656. The van der Waals surface area contributed by atoms with Crippen LogP contribution in [0.5, 0.6) is 0 Å². The summed E-state index contributed by atoms with van der Waals surface area (Å²) >= 11 is 0. The molecule has 0 radical (unpaired) electrons. The van der Waals surface area contributed by atoms with Crippen LogP contribution in [0.2, 0.25) is 0 Å². The first-order chi connectivity index (χ1) is 17.5. The Hall–Kier alpha value is -1.79. The van der Waals surface area contributed by atoms with Crippen molar-refractivity contribution >= 4 is 0 Å². The Morgan fingerprint density at radius 3 is 2.19 bits per heavy atom. The molecule has 5 heteroatoms. The van der Waals surface area contributed by atoms with Crippen LogP contribution in [0.1, 0.15) is 143 Å². The molecule has 1 spiro atoms. The van der Waals surface area contributed by atoms with Crippen LogP contribution in [0.15, 0.2) is 24.3 Å². The molecule has 2 aromatic rings. The van der Waals surface area contributed by atoms with Gasteiger partial charge >= 0.3 is 0 Å². The maximum absolute atomic E-state index is 11.6. The molecular formula is C32H43NO4. The molecule has 37 heavy (non-hydrogen) atoms. The molecule has 1 aromatic heterocycles. The van der Waals surface area contributed by atoms with Crippen LogP contribution < -0.4 is 0 Å². The summed E-state index contributed by atoms with van der Waals surface area (Å²) < 4.78 is 12.9. The van der Waals surface area contributed by atoms with Gasteiger partial charge in [0.05, 0.1) is 23.1 Å². The molecule has 2 fully saturated rings. The number of benzene rings is 1. The van der Waals surface area contributed by atoms with Gasteiger partial charge in [-0.15, -0.1) is 0 Å². The first-order valence-electron chi connectivity index (χ1n) is 14.3. The van der Waals surface area contributed by atoms with Crippen LogP contribution in [0.4, 0.5) is 0 Å². The zero-order valence-corrected chi connectivity index (χ0v) is 23.1. The fourth-order valence-corrected chi connectivity index (χ4v) is 7.37. The van der Waals surface area contributed by atoms with E-state index in [2.05, 4.69) is 45.0 Å². The number of ether oxygens (including phenoxy) is 2. The van der Waals surface area contributed by atoms with E-state index in [-0.39, 0.29) is 17.4 Å². The summed E-state index contributed by atoms with van der Waals surface area (Å²) in [6, 6.07) is 8.92. The predicted molar refractivity (Wildman–Crippen MR) is 144 cm³/mol. The van der Waals surface area contributed by atoms with Crippen molar-refractivity contribution in [3.05, 3.63) is 63.5 Å². The third-order valence-corrected chi connectivity index (χ3v) is 9.54. The van der Waals surface area contributed by atoms with E-state index >= 15 is 0 Å². The number of aliphatic hydroxyl groups is 2. The molecule has 0 amide bonds. The first kappa shape index (κ1) is 25.5. The average Bonchev–Trinajstić information content (AvgIpc) is 3.47. The van der Waals surface area contributed by atoms with Crippen molar-refractivity contribution in [3.63, 3.8) is 0 Å². The van der Waals surface area contributed by atoms with Gasteiger partial charge in [-0.3, -0.25) is 4.98 Å². The summed E-state index contributed by atoms with van der Waals surface area (Å²) in [5.41, 5.74) is 6.61. The van der Waals surface area contributed by atoms with Crippen molar-refractivity contribution in [1.82, 2.24) is 4.98 Å². The van der Waals surface area contributed by atoms with Gasteiger partial charge in [0.1, 0.15) is 12.2 Å². The third-order valence-electron chi connectivity index (χ3n) is 9.54. The maximum Gasteiger partial charge on any atom is 0.111 e. The second kappa shape index (κ2) is 8.87. The van der Waals surface area contributed by atoms with Crippen LogP contribution >= 0.6 is 0 Å². The lowest BCUT2D eigenvalue weighted by Gasteiger charge is -2.41. The minimum Gasteiger partial charge on any atom is -0.388 e. The van der Waals surface area contributed by atoms with Crippen molar-refractivity contribution in [1.29, 1.82) is 0 Å². The van der Waals surface area contributed by atoms with Crippen LogP contribution in [-0.4, -0.2) is 28.4 Å². The normalized spacial score (nSPS) is 28.9. The molecule has 1 saturated heterocycles. The van der Waals surface area contributed by atoms with Gasteiger partial charge in [0.15, 0.2) is 0 Å². The van der Waals surface area contributed by atoms with Crippen molar-refractivity contribution in [3.8, 4) is 0 Å². The number of rotatable bonds is 2. The van der Waals surface area contributed by atoms with E-state index in [0.717, 1.165) is 74.1 Å². The smallest absolute Gasteiger partial charge is 0.111 e. The lowest BCUT2D eigenvalue weighted by atomic mass is 9.68. The molecule has 2 unspecified atom stereocenters. The minimum absolute atomic E-state index is 0.0839. The molecule has 5 nitrogen and oxygen atoms in total. The molecule has 2 aliphatic heterocycles. The Labute approximate surface area is 221 Å². The second-order valence-electron chi connectivity index (χ2n) is 13.7. The Morgan fingerprint density at radius 1 is 0.919 bits per heavy atom. The van der Waals surface area contributed by atoms with Gasteiger partial charge in [0.2, 0.25) is 0 Å². The summed E-state index contributed by atoms with van der Waals surface area (Å²) in [5, 5.41) is 23.1. The van der Waals surface area contributed by atoms with Crippen molar-refractivity contribution in [2.24, 2.45) is 5.41 Å². The predicted octanol–water partition coefficient (Wildman–Crippen LogP) is 6.66. The van der Waals surface area contributed by atoms with Gasteiger partial charge < -0.3 is 19.7 Å². The van der Waals surface area contributed by atoms with E-state index in [4.69, 9.17) is 14.5 Å². The topological polar surface area (TPSA) is 71.8 Å². The lowest BCUT2D eigenvalue weighted by molar-refractivity contribution is -0.0598. The standard InChI is InChI=1S/C32H43NO4/c1-30(2,3)21-10-8-20(9-11-21)28-24-25(32(37-28)14-6-7-15-32)23-22(34)18-31(4,5)29(35)27(23)33-26(24)19-12-16-36-17-13-19/h8-11,19,22,28-29,34-35H,6-7,12-18H2,1-5H3/t22?,28?,29-/m0/s1. The number of nitrogens with zero attached hydrogens (tertiary/aromatic N) is 1. The van der Waals surface area contributed by atoms with E-state index in [1.807, 2.05) is 13.8 Å². The molecule has 200 valence electrons. The monoisotopic (exact) mass is 505 g/mol. The fourth-order valence-electron chi connectivity index (χ4n) is 7.37. The summed E-state index contributed by atoms with van der Waals surface area (Å²) in [6.45, 7) is 12.2. The van der Waals surface area contributed by atoms with E-state index in [1.54, 1.807) is 0 Å². The minimum atomic E-state index is -0.710. The Bertz CT molecular complexity index is 1170. The van der Waals surface area contributed by atoms with Gasteiger partial charge in [-0.25, -0.2) is 0 Å². The molecule has 6 rings (SSSR count). The Morgan fingerprint density at radius 2 is 1.57 bits per heavy atom. The maximum atomic E-state index is 11.6. The molecule has 1 aromatic carbocycles. The van der Waals surface area contributed by atoms with Gasteiger partial charge in [-0.05, 0) is 59.6 Å². The van der Waals surface area contributed by atoms with Crippen LogP contribution in [0.25, 0.3) is 0 Å². The highest BCUT2D eigenvalue weighted by atomic mass is 16.5. The quantitative estimate of drug-likeness (QED) is 0.478. The number of pyridine rings is 1. The summed E-state index contributed by atoms with van der Waals surface area (Å²) in [7, 11) is 0. The van der Waals surface area contributed by atoms with E-state index < -0.39 is 23.2 Å². The average molecular weight is 506 g/mol.